The van der Waals surface area contributed by atoms with Crippen LogP contribution in [0.1, 0.15) is 34.1 Å². The zero-order chi connectivity index (χ0) is 22.0. The normalized spacial score (nSPS) is 16.4. The van der Waals surface area contributed by atoms with E-state index in [1.807, 2.05) is 6.26 Å². The number of carbonyl (C=O) groups excluding carboxylic acids is 3. The highest BCUT2D eigenvalue weighted by molar-refractivity contribution is 7.98. The summed E-state index contributed by atoms with van der Waals surface area (Å²) >= 11 is 1.55. The lowest BCUT2D eigenvalue weighted by Gasteiger charge is -2.26. The van der Waals surface area contributed by atoms with Crippen molar-refractivity contribution in [3.8, 4) is 0 Å². The fourth-order valence-electron chi connectivity index (χ4n) is 2.21. The number of rotatable bonds is 12. The molecule has 0 spiro atoms. The van der Waals surface area contributed by atoms with Crippen molar-refractivity contribution in [2.24, 2.45) is 11.7 Å². The quantitative estimate of drug-likeness (QED) is 0.225. The lowest BCUT2D eigenvalue weighted by atomic mass is 10.0. The molecule has 11 heteroatoms. The molecule has 0 saturated carbocycles. The first-order chi connectivity index (χ1) is 12.9. The third-order valence-electron chi connectivity index (χ3n) is 4.01. The van der Waals surface area contributed by atoms with E-state index in [-0.39, 0.29) is 5.92 Å². The predicted octanol–water partition coefficient (Wildman–Crippen LogP) is -1.34. The first-order valence-electron chi connectivity index (χ1n) is 8.98. The molecule has 0 aliphatic carbocycles. The summed E-state index contributed by atoms with van der Waals surface area (Å²) in [5.41, 5.74) is 5.76. The highest BCUT2D eigenvalue weighted by atomic mass is 32.2. The van der Waals surface area contributed by atoms with E-state index in [9.17, 15) is 24.3 Å². The van der Waals surface area contributed by atoms with Crippen molar-refractivity contribution in [1.82, 2.24) is 16.0 Å². The molecule has 0 heterocycles. The number of hydrogen-bond donors (Lipinski definition) is 6. The summed E-state index contributed by atoms with van der Waals surface area (Å²) in [7, 11) is 0. The molecule has 162 valence electrons. The van der Waals surface area contributed by atoms with Crippen molar-refractivity contribution in [3.63, 3.8) is 0 Å². The molecule has 5 unspecified atom stereocenters. The van der Waals surface area contributed by atoms with Gasteiger partial charge in [0.05, 0.1) is 12.1 Å². The number of nitrogens with one attached hydrogen (secondary N) is 3. The number of thioether (sulfide) groups is 1. The molecule has 3 amide bonds. The van der Waals surface area contributed by atoms with Crippen LogP contribution in [0.3, 0.4) is 0 Å². The maximum Gasteiger partial charge on any atom is 0.328 e. The van der Waals surface area contributed by atoms with E-state index in [2.05, 4.69) is 16.0 Å². The summed E-state index contributed by atoms with van der Waals surface area (Å²) in [5, 5.41) is 25.8. The second-order valence-electron chi connectivity index (χ2n) is 6.91. The van der Waals surface area contributed by atoms with Crippen molar-refractivity contribution in [2.45, 2.75) is 64.4 Å². The molecule has 0 bridgehead atoms. The van der Waals surface area contributed by atoms with Crippen molar-refractivity contribution < 1.29 is 29.4 Å². The number of carbonyl (C=O) groups is 4. The van der Waals surface area contributed by atoms with E-state index in [0.29, 0.717) is 12.2 Å². The van der Waals surface area contributed by atoms with Crippen LogP contribution in [0.4, 0.5) is 0 Å². The summed E-state index contributed by atoms with van der Waals surface area (Å²) in [6.07, 6.45) is 1.05. The maximum absolute atomic E-state index is 12.4. The van der Waals surface area contributed by atoms with Gasteiger partial charge in [-0.1, -0.05) is 13.8 Å². The second-order valence-corrected chi connectivity index (χ2v) is 7.90. The Balaban J connectivity index is 4.94. The lowest BCUT2D eigenvalue weighted by molar-refractivity contribution is -0.145. The molecule has 0 aromatic carbocycles. The molecule has 0 aliphatic heterocycles. The largest absolute Gasteiger partial charge is 0.480 e. The maximum atomic E-state index is 12.4. The van der Waals surface area contributed by atoms with Crippen molar-refractivity contribution in [1.29, 1.82) is 0 Å². The minimum absolute atomic E-state index is 0.362. The molecule has 0 aliphatic rings. The fourth-order valence-corrected chi connectivity index (χ4v) is 2.70. The molecule has 0 aromatic rings. The van der Waals surface area contributed by atoms with E-state index >= 15 is 0 Å². The predicted molar refractivity (Wildman–Crippen MR) is 107 cm³/mol. The van der Waals surface area contributed by atoms with Gasteiger partial charge < -0.3 is 31.9 Å². The summed E-state index contributed by atoms with van der Waals surface area (Å²) in [6.45, 7) is 6.04. The van der Waals surface area contributed by atoms with Gasteiger partial charge in [-0.05, 0) is 38.2 Å². The Bertz CT molecular complexity index is 558. The Morgan fingerprint density at radius 2 is 1.46 bits per heavy atom. The average molecular weight is 421 g/mol. The van der Waals surface area contributed by atoms with Crippen LogP contribution < -0.4 is 21.7 Å². The Morgan fingerprint density at radius 3 is 1.89 bits per heavy atom. The fraction of sp³-hybridized carbons (Fsp3) is 0.765. The van der Waals surface area contributed by atoms with Crippen LogP contribution in [0.15, 0.2) is 0 Å². The van der Waals surface area contributed by atoms with Gasteiger partial charge in [-0.25, -0.2) is 4.79 Å². The van der Waals surface area contributed by atoms with Crippen LogP contribution in [-0.2, 0) is 19.2 Å². The van der Waals surface area contributed by atoms with Gasteiger partial charge in [0.25, 0.3) is 0 Å². The number of carboxylic acid groups (broad SMARTS) is 1. The molecule has 0 fully saturated rings. The third-order valence-corrected chi connectivity index (χ3v) is 4.66. The van der Waals surface area contributed by atoms with E-state index < -0.39 is 54.0 Å². The molecular formula is C17H32N4O6S. The number of aliphatic hydroxyl groups is 1. The summed E-state index contributed by atoms with van der Waals surface area (Å²) < 4.78 is 0. The van der Waals surface area contributed by atoms with Gasteiger partial charge >= 0.3 is 5.97 Å². The van der Waals surface area contributed by atoms with Crippen LogP contribution >= 0.6 is 11.8 Å². The SMILES string of the molecule is CSCCC(N)C(=O)NC(C)C(=O)NC(C(=O)NC(C(=O)O)C(C)O)C(C)C. The molecule has 7 N–H and O–H groups in total. The van der Waals surface area contributed by atoms with Crippen LogP contribution in [0, 0.1) is 5.92 Å². The first kappa shape index (κ1) is 26.1. The van der Waals surface area contributed by atoms with E-state index in [1.54, 1.807) is 25.6 Å². The number of aliphatic hydroxyl groups excluding tert-OH is 1. The smallest absolute Gasteiger partial charge is 0.328 e. The standard InChI is InChI=1S/C17H32N4O6S/c1-8(2)12(16(25)21-13(10(4)22)17(26)27)20-14(23)9(3)19-15(24)11(18)6-7-28-5/h8-13,22H,6-7,18H2,1-5H3,(H,19,24)(H,20,23)(H,21,25)(H,26,27). The van der Waals surface area contributed by atoms with Gasteiger partial charge in [-0.15, -0.1) is 0 Å². The first-order valence-corrected chi connectivity index (χ1v) is 10.4. The van der Waals surface area contributed by atoms with Crippen molar-refractivity contribution >= 4 is 35.5 Å². The highest BCUT2D eigenvalue weighted by Crippen LogP contribution is 2.05. The Hall–Kier alpha value is -1.85. The molecule has 10 nitrogen and oxygen atoms in total. The average Bonchev–Trinajstić information content (AvgIpc) is 2.60. The van der Waals surface area contributed by atoms with Gasteiger partial charge in [0.2, 0.25) is 17.7 Å². The molecular weight excluding hydrogens is 388 g/mol. The minimum Gasteiger partial charge on any atom is -0.480 e. The van der Waals surface area contributed by atoms with Crippen LogP contribution in [0.2, 0.25) is 0 Å². The molecule has 0 radical (unpaired) electrons. The minimum atomic E-state index is -1.50. The van der Waals surface area contributed by atoms with Crippen LogP contribution in [-0.4, -0.2) is 76.2 Å². The molecule has 0 aromatic heterocycles. The Kier molecular flexibility index (Phi) is 11.7. The summed E-state index contributed by atoms with van der Waals surface area (Å²) in [6, 6.07) is -4.22. The number of amides is 3. The Labute approximate surface area is 169 Å². The van der Waals surface area contributed by atoms with Gasteiger partial charge in [-0.3, -0.25) is 14.4 Å². The van der Waals surface area contributed by atoms with Gasteiger partial charge in [-0.2, -0.15) is 11.8 Å². The number of nitrogens with two attached hydrogens (primary N) is 1. The molecule has 5 atom stereocenters. The van der Waals surface area contributed by atoms with E-state index in [0.717, 1.165) is 0 Å². The molecule has 28 heavy (non-hydrogen) atoms. The highest BCUT2D eigenvalue weighted by Gasteiger charge is 2.32. The molecule has 0 saturated heterocycles. The zero-order valence-corrected chi connectivity index (χ0v) is 17.7. The van der Waals surface area contributed by atoms with Crippen molar-refractivity contribution in [2.75, 3.05) is 12.0 Å². The van der Waals surface area contributed by atoms with Crippen LogP contribution in [0.25, 0.3) is 0 Å². The Morgan fingerprint density at radius 1 is 0.929 bits per heavy atom. The van der Waals surface area contributed by atoms with Crippen molar-refractivity contribution in [3.05, 3.63) is 0 Å². The second kappa shape index (κ2) is 12.6. The van der Waals surface area contributed by atoms with Gasteiger partial charge in [0.15, 0.2) is 6.04 Å². The summed E-state index contributed by atoms with van der Waals surface area (Å²) in [5.74, 6) is -2.87. The molecule has 0 rings (SSSR count). The monoisotopic (exact) mass is 420 g/mol. The number of hydrogen-bond acceptors (Lipinski definition) is 7. The number of aliphatic carboxylic acids is 1. The van der Waals surface area contributed by atoms with Gasteiger partial charge in [0, 0.05) is 0 Å². The van der Waals surface area contributed by atoms with Gasteiger partial charge in [0.1, 0.15) is 12.1 Å². The third kappa shape index (κ3) is 8.89. The summed E-state index contributed by atoms with van der Waals surface area (Å²) in [4.78, 5) is 47.9. The topological polar surface area (TPSA) is 171 Å². The zero-order valence-electron chi connectivity index (χ0n) is 16.9. The van der Waals surface area contributed by atoms with E-state index in [1.165, 1.54) is 13.8 Å². The number of carboxylic acids is 1. The van der Waals surface area contributed by atoms with E-state index in [4.69, 9.17) is 10.8 Å². The lowest BCUT2D eigenvalue weighted by Crippen LogP contribution is -2.59. The van der Waals surface area contributed by atoms with Crippen LogP contribution in [0.5, 0.6) is 0 Å².